The van der Waals surface area contributed by atoms with E-state index in [4.69, 9.17) is 15.3 Å². The molecule has 1 atom stereocenters. The minimum Gasteiger partial charge on any atom is -0.354 e. The molecule has 0 radical (unpaired) electrons. The van der Waals surface area contributed by atoms with Gasteiger partial charge in [-0.15, -0.1) is 0 Å². The van der Waals surface area contributed by atoms with Gasteiger partial charge in [-0.25, -0.2) is 8.78 Å². The highest BCUT2D eigenvalue weighted by atomic mass is 19.1. The average Bonchev–Trinajstić information content (AvgIpc) is 2.33. The minimum atomic E-state index is -0.681. The minimum absolute atomic E-state index is 0.0291. The second kappa shape index (κ2) is 6.61. The van der Waals surface area contributed by atoms with Gasteiger partial charge in [0.25, 0.3) is 0 Å². The lowest BCUT2D eigenvalue weighted by Crippen LogP contribution is -2.47. The molecule has 0 aliphatic heterocycles. The molecule has 0 aliphatic rings. The third-order valence-electron chi connectivity index (χ3n) is 2.49. The molecule has 0 amide bonds. The maximum absolute atomic E-state index is 13.4. The zero-order chi connectivity index (χ0) is 12.8. The lowest BCUT2D eigenvalue weighted by Gasteiger charge is -2.24. The molecule has 0 aliphatic carbocycles. The lowest BCUT2D eigenvalue weighted by molar-refractivity contribution is -0.122. The summed E-state index contributed by atoms with van der Waals surface area (Å²) in [6, 6.07) is 3.15. The van der Waals surface area contributed by atoms with E-state index in [1.54, 1.807) is 0 Å². The maximum Gasteiger partial charge on any atom is 0.173 e. The summed E-state index contributed by atoms with van der Waals surface area (Å²) in [6.45, 7) is 0. The summed E-state index contributed by atoms with van der Waals surface area (Å²) in [5, 5.41) is 0. The SMILES string of the molecule is COC(OC)C(Cc1c(F)cccc1F)NN. The van der Waals surface area contributed by atoms with Gasteiger partial charge < -0.3 is 9.47 Å². The molecule has 0 saturated heterocycles. The standard InChI is InChI=1S/C11H16F2N2O2/c1-16-11(17-2)10(15-14)6-7-8(12)4-3-5-9(7)13/h3-5,10-11,15H,6,14H2,1-2H3. The molecule has 0 bridgehead atoms. The first kappa shape index (κ1) is 14.0. The Kier molecular flexibility index (Phi) is 5.43. The Labute approximate surface area is 98.7 Å². The molecule has 1 aromatic rings. The van der Waals surface area contributed by atoms with Crippen molar-refractivity contribution < 1.29 is 18.3 Å². The van der Waals surface area contributed by atoms with E-state index in [1.165, 1.54) is 32.4 Å². The normalized spacial score (nSPS) is 13.1. The van der Waals surface area contributed by atoms with Crippen molar-refractivity contribution in [1.29, 1.82) is 0 Å². The molecular formula is C11H16F2N2O2. The summed E-state index contributed by atoms with van der Waals surface area (Å²) < 4.78 is 36.8. The number of hydrogen-bond acceptors (Lipinski definition) is 4. The van der Waals surface area contributed by atoms with Crippen molar-refractivity contribution in [2.45, 2.75) is 18.8 Å². The second-order valence-corrected chi connectivity index (χ2v) is 3.52. The zero-order valence-electron chi connectivity index (χ0n) is 9.74. The van der Waals surface area contributed by atoms with Gasteiger partial charge in [0.1, 0.15) is 11.6 Å². The highest BCUT2D eigenvalue weighted by Crippen LogP contribution is 2.16. The molecule has 4 nitrogen and oxygen atoms in total. The van der Waals surface area contributed by atoms with Gasteiger partial charge in [0, 0.05) is 19.8 Å². The van der Waals surface area contributed by atoms with Gasteiger partial charge >= 0.3 is 0 Å². The number of methoxy groups -OCH3 is 2. The molecule has 0 spiro atoms. The molecular weight excluding hydrogens is 230 g/mol. The summed E-state index contributed by atoms with van der Waals surface area (Å²) in [4.78, 5) is 0. The summed E-state index contributed by atoms with van der Waals surface area (Å²) in [7, 11) is 2.85. The van der Waals surface area contributed by atoms with E-state index in [1.807, 2.05) is 0 Å². The molecule has 1 aromatic carbocycles. The van der Waals surface area contributed by atoms with Crippen LogP contribution in [-0.2, 0) is 15.9 Å². The second-order valence-electron chi connectivity index (χ2n) is 3.52. The fraction of sp³-hybridized carbons (Fsp3) is 0.455. The summed E-state index contributed by atoms with van der Waals surface area (Å²) in [5.41, 5.74) is 2.38. The first-order valence-electron chi connectivity index (χ1n) is 5.08. The van der Waals surface area contributed by atoms with Gasteiger partial charge in [-0.05, 0) is 18.6 Å². The molecule has 0 fully saturated rings. The molecule has 96 valence electrons. The average molecular weight is 246 g/mol. The van der Waals surface area contributed by atoms with E-state index in [0.29, 0.717) is 0 Å². The summed E-state index contributed by atoms with van der Waals surface area (Å²) in [5.74, 6) is 4.09. The Balaban J connectivity index is 2.87. The zero-order valence-corrected chi connectivity index (χ0v) is 9.74. The number of hydrogen-bond donors (Lipinski definition) is 2. The first-order valence-corrected chi connectivity index (χ1v) is 5.08. The highest BCUT2D eigenvalue weighted by Gasteiger charge is 2.23. The predicted molar refractivity (Wildman–Crippen MR) is 59.0 cm³/mol. The summed E-state index contributed by atoms with van der Waals surface area (Å²) >= 11 is 0. The van der Waals surface area contributed by atoms with E-state index in [9.17, 15) is 8.78 Å². The molecule has 1 rings (SSSR count). The molecule has 0 aromatic heterocycles. The number of benzene rings is 1. The van der Waals surface area contributed by atoms with Crippen molar-refractivity contribution in [3.8, 4) is 0 Å². The topological polar surface area (TPSA) is 56.5 Å². The Bertz CT molecular complexity index is 339. The number of rotatable bonds is 6. The van der Waals surface area contributed by atoms with Crippen LogP contribution in [0.2, 0.25) is 0 Å². The molecule has 0 saturated carbocycles. The fourth-order valence-electron chi connectivity index (χ4n) is 1.61. The summed E-state index contributed by atoms with van der Waals surface area (Å²) in [6.07, 6.45) is -0.652. The monoisotopic (exact) mass is 246 g/mol. The quantitative estimate of drug-likeness (QED) is 0.446. The third-order valence-corrected chi connectivity index (χ3v) is 2.49. The van der Waals surface area contributed by atoms with Gasteiger partial charge in [0.15, 0.2) is 6.29 Å². The lowest BCUT2D eigenvalue weighted by atomic mass is 10.0. The van der Waals surface area contributed by atoms with Crippen LogP contribution in [0.3, 0.4) is 0 Å². The third kappa shape index (κ3) is 3.44. The van der Waals surface area contributed by atoms with Crippen LogP contribution in [0.4, 0.5) is 8.78 Å². The van der Waals surface area contributed by atoms with Crippen molar-refractivity contribution in [1.82, 2.24) is 5.43 Å². The number of halogens is 2. The predicted octanol–water partition coefficient (Wildman–Crippen LogP) is 0.958. The maximum atomic E-state index is 13.4. The highest BCUT2D eigenvalue weighted by molar-refractivity contribution is 5.20. The Morgan fingerprint density at radius 3 is 2.18 bits per heavy atom. The van der Waals surface area contributed by atoms with Crippen molar-refractivity contribution in [2.24, 2.45) is 5.84 Å². The van der Waals surface area contributed by atoms with E-state index < -0.39 is 24.0 Å². The van der Waals surface area contributed by atoms with Crippen molar-refractivity contribution >= 4 is 0 Å². The Morgan fingerprint density at radius 1 is 1.24 bits per heavy atom. The van der Waals surface area contributed by atoms with E-state index in [-0.39, 0.29) is 12.0 Å². The number of hydrazine groups is 1. The van der Waals surface area contributed by atoms with Gasteiger partial charge in [-0.1, -0.05) is 6.07 Å². The molecule has 6 heteroatoms. The van der Waals surface area contributed by atoms with Crippen LogP contribution in [0.1, 0.15) is 5.56 Å². The Hall–Kier alpha value is -1.08. The van der Waals surface area contributed by atoms with Crippen LogP contribution >= 0.6 is 0 Å². The Morgan fingerprint density at radius 2 is 1.76 bits per heavy atom. The van der Waals surface area contributed by atoms with Gasteiger partial charge in [-0.3, -0.25) is 11.3 Å². The van der Waals surface area contributed by atoms with E-state index >= 15 is 0 Å². The van der Waals surface area contributed by atoms with Crippen LogP contribution in [-0.4, -0.2) is 26.6 Å². The van der Waals surface area contributed by atoms with Crippen molar-refractivity contribution in [3.05, 3.63) is 35.4 Å². The van der Waals surface area contributed by atoms with E-state index in [0.717, 1.165) is 0 Å². The molecule has 3 N–H and O–H groups in total. The van der Waals surface area contributed by atoms with E-state index in [2.05, 4.69) is 5.43 Å². The van der Waals surface area contributed by atoms with Crippen molar-refractivity contribution in [2.75, 3.05) is 14.2 Å². The number of nitrogens with two attached hydrogens (primary N) is 1. The first-order chi connectivity index (χ1) is 8.13. The molecule has 1 unspecified atom stereocenters. The molecule has 17 heavy (non-hydrogen) atoms. The van der Waals surface area contributed by atoms with Crippen LogP contribution in [0.5, 0.6) is 0 Å². The van der Waals surface area contributed by atoms with Crippen LogP contribution in [0, 0.1) is 11.6 Å². The fourth-order valence-corrected chi connectivity index (χ4v) is 1.61. The molecule has 0 heterocycles. The number of nitrogens with one attached hydrogen (secondary N) is 1. The van der Waals surface area contributed by atoms with Crippen molar-refractivity contribution in [3.63, 3.8) is 0 Å². The van der Waals surface area contributed by atoms with Crippen LogP contribution in [0.25, 0.3) is 0 Å². The van der Waals surface area contributed by atoms with Crippen LogP contribution in [0.15, 0.2) is 18.2 Å². The van der Waals surface area contributed by atoms with Gasteiger partial charge in [0.05, 0.1) is 6.04 Å². The van der Waals surface area contributed by atoms with Gasteiger partial charge in [-0.2, -0.15) is 0 Å². The number of ether oxygens (including phenoxy) is 2. The van der Waals surface area contributed by atoms with Gasteiger partial charge in [0.2, 0.25) is 0 Å². The largest absolute Gasteiger partial charge is 0.354 e. The smallest absolute Gasteiger partial charge is 0.173 e. The van der Waals surface area contributed by atoms with Crippen LogP contribution < -0.4 is 11.3 Å².